The van der Waals surface area contributed by atoms with Crippen molar-refractivity contribution in [3.63, 3.8) is 0 Å². The van der Waals surface area contributed by atoms with Crippen LogP contribution in [-0.4, -0.2) is 76.6 Å². The molecule has 1 rings (SSSR count). The van der Waals surface area contributed by atoms with E-state index in [0.29, 0.717) is 6.54 Å². The minimum Gasteiger partial charge on any atom is -0.379 e. The monoisotopic (exact) mass is 442 g/mol. The van der Waals surface area contributed by atoms with Crippen LogP contribution < -0.4 is 10.6 Å². The Morgan fingerprint density at radius 1 is 1.26 bits per heavy atom. The summed E-state index contributed by atoms with van der Waals surface area (Å²) in [5, 5.41) is 6.69. The van der Waals surface area contributed by atoms with Crippen LogP contribution in [0.1, 0.15) is 27.7 Å². The molecule has 138 valence electrons. The lowest BCUT2D eigenvalue weighted by atomic mass is 9.89. The zero-order chi connectivity index (χ0) is 16.4. The molecule has 1 saturated heterocycles. The van der Waals surface area contributed by atoms with Crippen molar-refractivity contribution < 1.29 is 9.47 Å². The van der Waals surface area contributed by atoms with Crippen LogP contribution in [0.3, 0.4) is 0 Å². The van der Waals surface area contributed by atoms with Crippen molar-refractivity contribution in [1.29, 1.82) is 0 Å². The summed E-state index contributed by atoms with van der Waals surface area (Å²) in [6, 6.07) is 0. The van der Waals surface area contributed by atoms with Crippen molar-refractivity contribution in [2.75, 3.05) is 59.6 Å². The van der Waals surface area contributed by atoms with Crippen molar-refractivity contribution in [1.82, 2.24) is 15.5 Å². The first-order valence-electron chi connectivity index (χ1n) is 8.32. The van der Waals surface area contributed by atoms with Crippen LogP contribution in [0.4, 0.5) is 0 Å². The quantitative estimate of drug-likeness (QED) is 0.356. The van der Waals surface area contributed by atoms with E-state index in [1.54, 1.807) is 7.11 Å². The first-order valence-corrected chi connectivity index (χ1v) is 8.32. The molecule has 0 radical (unpaired) electrons. The molecule has 23 heavy (non-hydrogen) atoms. The number of nitrogens with zero attached hydrogens (tertiary/aromatic N) is 2. The fourth-order valence-electron chi connectivity index (χ4n) is 2.38. The van der Waals surface area contributed by atoms with Gasteiger partial charge in [-0.2, -0.15) is 0 Å². The highest BCUT2D eigenvalue weighted by Gasteiger charge is 2.24. The molecule has 2 N–H and O–H groups in total. The van der Waals surface area contributed by atoms with E-state index in [2.05, 4.69) is 48.2 Å². The number of rotatable bonds is 7. The lowest BCUT2D eigenvalue weighted by molar-refractivity contribution is 0.0241. The molecule has 1 aliphatic heterocycles. The highest BCUT2D eigenvalue weighted by atomic mass is 127. The highest BCUT2D eigenvalue weighted by molar-refractivity contribution is 14.0. The molecule has 0 saturated carbocycles. The fourth-order valence-corrected chi connectivity index (χ4v) is 2.38. The van der Waals surface area contributed by atoms with Gasteiger partial charge in [0, 0.05) is 39.8 Å². The Hall–Kier alpha value is -0.120. The average Bonchev–Trinajstić information content (AvgIpc) is 2.47. The Labute approximate surface area is 158 Å². The second-order valence-electron chi connectivity index (χ2n) is 6.69. The van der Waals surface area contributed by atoms with Gasteiger partial charge in [-0.1, -0.05) is 20.8 Å². The van der Waals surface area contributed by atoms with Crippen LogP contribution in [0.5, 0.6) is 0 Å². The van der Waals surface area contributed by atoms with Gasteiger partial charge in [0.2, 0.25) is 0 Å². The first-order chi connectivity index (χ1) is 10.5. The first kappa shape index (κ1) is 22.9. The van der Waals surface area contributed by atoms with Gasteiger partial charge in [0.25, 0.3) is 0 Å². The van der Waals surface area contributed by atoms with Crippen LogP contribution in [0.2, 0.25) is 0 Å². The largest absolute Gasteiger partial charge is 0.379 e. The van der Waals surface area contributed by atoms with Gasteiger partial charge in [-0.3, -0.25) is 9.89 Å². The second kappa shape index (κ2) is 12.3. The second-order valence-corrected chi connectivity index (χ2v) is 6.69. The standard InChI is InChI=1S/C16H34N4O2.HI/c1-6-17-15(19-13-14(21-5)16(2,3)4)18-7-8-20-9-11-22-12-10-20;/h14H,6-13H2,1-5H3,(H2,17,18,19);1H. The van der Waals surface area contributed by atoms with Gasteiger partial charge < -0.3 is 20.1 Å². The van der Waals surface area contributed by atoms with E-state index in [4.69, 9.17) is 9.47 Å². The fraction of sp³-hybridized carbons (Fsp3) is 0.938. The number of aliphatic imine (C=N–C) groups is 1. The lowest BCUT2D eigenvalue weighted by Crippen LogP contribution is -2.45. The molecule has 1 aliphatic rings. The number of halogens is 1. The maximum Gasteiger partial charge on any atom is 0.191 e. The van der Waals surface area contributed by atoms with E-state index in [-0.39, 0.29) is 35.5 Å². The van der Waals surface area contributed by atoms with Gasteiger partial charge in [0.15, 0.2) is 5.96 Å². The number of nitrogens with one attached hydrogen (secondary N) is 2. The molecule has 6 nitrogen and oxygen atoms in total. The summed E-state index contributed by atoms with van der Waals surface area (Å²) in [7, 11) is 1.75. The number of hydrogen-bond acceptors (Lipinski definition) is 4. The highest BCUT2D eigenvalue weighted by Crippen LogP contribution is 2.21. The molecule has 1 fully saturated rings. The van der Waals surface area contributed by atoms with Gasteiger partial charge in [-0.25, -0.2) is 0 Å². The van der Waals surface area contributed by atoms with E-state index in [1.807, 2.05) is 0 Å². The summed E-state index contributed by atoms with van der Waals surface area (Å²) in [6.07, 6.45) is 0.113. The zero-order valence-corrected chi connectivity index (χ0v) is 17.7. The average molecular weight is 442 g/mol. The number of ether oxygens (including phenoxy) is 2. The molecule has 0 aromatic rings. The Balaban J connectivity index is 0.00000484. The Morgan fingerprint density at radius 2 is 1.91 bits per heavy atom. The minimum atomic E-state index is 0. The molecule has 0 aliphatic carbocycles. The Bertz CT molecular complexity index is 329. The van der Waals surface area contributed by atoms with Crippen LogP contribution in [0.25, 0.3) is 0 Å². The van der Waals surface area contributed by atoms with Crippen LogP contribution in [0.15, 0.2) is 4.99 Å². The molecule has 0 spiro atoms. The summed E-state index contributed by atoms with van der Waals surface area (Å²) in [5.41, 5.74) is 0.0867. The molecule has 1 atom stereocenters. The minimum absolute atomic E-state index is 0. The van der Waals surface area contributed by atoms with E-state index in [9.17, 15) is 0 Å². The molecule has 1 unspecified atom stereocenters. The van der Waals surface area contributed by atoms with Gasteiger partial charge in [-0.05, 0) is 12.3 Å². The Kier molecular flexibility index (Phi) is 12.2. The van der Waals surface area contributed by atoms with Crippen molar-refractivity contribution >= 4 is 29.9 Å². The predicted molar refractivity (Wildman–Crippen MR) is 107 cm³/mol. The SMILES string of the molecule is CCNC(=NCC(OC)C(C)(C)C)NCCN1CCOCC1.I. The third-order valence-corrected chi connectivity index (χ3v) is 3.83. The van der Waals surface area contributed by atoms with Crippen molar-refractivity contribution in [2.24, 2.45) is 10.4 Å². The molecule has 1 heterocycles. The molecular weight excluding hydrogens is 407 g/mol. The van der Waals surface area contributed by atoms with Crippen LogP contribution in [0, 0.1) is 5.41 Å². The van der Waals surface area contributed by atoms with Gasteiger partial charge in [0.1, 0.15) is 0 Å². The maximum atomic E-state index is 5.56. The number of morpholine rings is 1. The van der Waals surface area contributed by atoms with Gasteiger partial charge in [0.05, 0.1) is 25.9 Å². The third-order valence-electron chi connectivity index (χ3n) is 3.83. The molecule has 7 heteroatoms. The van der Waals surface area contributed by atoms with Crippen LogP contribution >= 0.6 is 24.0 Å². The summed E-state index contributed by atoms with van der Waals surface area (Å²) in [6.45, 7) is 15.8. The van der Waals surface area contributed by atoms with Crippen molar-refractivity contribution in [3.05, 3.63) is 0 Å². The molecular formula is C16H35IN4O2. The van der Waals surface area contributed by atoms with Gasteiger partial charge >= 0.3 is 0 Å². The molecule has 0 amide bonds. The Morgan fingerprint density at radius 3 is 2.43 bits per heavy atom. The number of methoxy groups -OCH3 is 1. The summed E-state index contributed by atoms with van der Waals surface area (Å²) in [4.78, 5) is 7.07. The molecule has 0 aromatic carbocycles. The lowest BCUT2D eigenvalue weighted by Gasteiger charge is -2.28. The molecule has 0 bridgehead atoms. The maximum absolute atomic E-state index is 5.56. The van der Waals surface area contributed by atoms with Crippen molar-refractivity contribution in [3.8, 4) is 0 Å². The van der Waals surface area contributed by atoms with E-state index < -0.39 is 0 Å². The zero-order valence-electron chi connectivity index (χ0n) is 15.4. The van der Waals surface area contributed by atoms with E-state index in [0.717, 1.165) is 51.9 Å². The number of hydrogen-bond donors (Lipinski definition) is 2. The molecule has 0 aromatic heterocycles. The van der Waals surface area contributed by atoms with Gasteiger partial charge in [-0.15, -0.1) is 24.0 Å². The smallest absolute Gasteiger partial charge is 0.191 e. The summed E-state index contributed by atoms with van der Waals surface area (Å²) in [5.74, 6) is 0.863. The van der Waals surface area contributed by atoms with Crippen molar-refractivity contribution in [2.45, 2.75) is 33.8 Å². The van der Waals surface area contributed by atoms with E-state index >= 15 is 0 Å². The number of guanidine groups is 1. The van der Waals surface area contributed by atoms with Crippen LogP contribution in [-0.2, 0) is 9.47 Å². The summed E-state index contributed by atoms with van der Waals surface area (Å²) >= 11 is 0. The normalized spacial score (nSPS) is 18.2. The van der Waals surface area contributed by atoms with E-state index in [1.165, 1.54) is 0 Å². The third kappa shape index (κ3) is 9.69. The summed E-state index contributed by atoms with van der Waals surface area (Å²) < 4.78 is 10.9. The topological polar surface area (TPSA) is 58.1 Å². The predicted octanol–water partition coefficient (Wildman–Crippen LogP) is 1.55.